The van der Waals surface area contributed by atoms with Gasteiger partial charge in [-0.25, -0.2) is 4.39 Å². The molecule has 0 fully saturated rings. The Morgan fingerprint density at radius 3 is 2.50 bits per heavy atom. The van der Waals surface area contributed by atoms with E-state index in [2.05, 4.69) is 11.8 Å². The number of furan rings is 1. The monoisotopic (exact) mass is 290 g/mol. The Morgan fingerprint density at radius 1 is 0.955 bits per heavy atom. The summed E-state index contributed by atoms with van der Waals surface area (Å²) in [7, 11) is 0. The van der Waals surface area contributed by atoms with Crippen LogP contribution in [0.1, 0.15) is 27.2 Å². The lowest BCUT2D eigenvalue weighted by atomic mass is 10.0. The van der Waals surface area contributed by atoms with E-state index in [-0.39, 0.29) is 17.1 Å². The lowest BCUT2D eigenvalue weighted by molar-refractivity contribution is 0.101. The summed E-state index contributed by atoms with van der Waals surface area (Å²) in [6.45, 7) is 0. The fourth-order valence-corrected chi connectivity index (χ4v) is 2.01. The number of rotatable bonds is 2. The molecule has 0 aliphatic carbocycles. The van der Waals surface area contributed by atoms with Crippen molar-refractivity contribution in [3.8, 4) is 11.8 Å². The van der Waals surface area contributed by atoms with Gasteiger partial charge in [-0.05, 0) is 42.5 Å². The van der Waals surface area contributed by atoms with Gasteiger partial charge in [0.25, 0.3) is 0 Å². The van der Waals surface area contributed by atoms with Gasteiger partial charge in [0.15, 0.2) is 5.76 Å². The van der Waals surface area contributed by atoms with Gasteiger partial charge in [0.2, 0.25) is 5.78 Å². The highest BCUT2D eigenvalue weighted by molar-refractivity contribution is 6.08. The van der Waals surface area contributed by atoms with Crippen LogP contribution in [0.25, 0.3) is 0 Å². The first-order valence-electron chi connectivity index (χ1n) is 6.69. The highest BCUT2D eigenvalue weighted by Crippen LogP contribution is 2.16. The molecule has 0 aliphatic rings. The van der Waals surface area contributed by atoms with Crippen molar-refractivity contribution in [2.24, 2.45) is 0 Å². The molecular weight excluding hydrogens is 279 g/mol. The van der Waals surface area contributed by atoms with E-state index in [9.17, 15) is 9.18 Å². The zero-order valence-electron chi connectivity index (χ0n) is 11.5. The molecular formula is C19H11FO2. The summed E-state index contributed by atoms with van der Waals surface area (Å²) in [5, 5.41) is 0. The minimum Gasteiger partial charge on any atom is -0.461 e. The number of benzene rings is 2. The average Bonchev–Trinajstić information content (AvgIpc) is 3.08. The average molecular weight is 290 g/mol. The van der Waals surface area contributed by atoms with E-state index < -0.39 is 5.82 Å². The molecule has 0 amide bonds. The molecule has 0 atom stereocenters. The normalized spacial score (nSPS) is 9.86. The number of hydrogen-bond donors (Lipinski definition) is 0. The Labute approximate surface area is 127 Å². The van der Waals surface area contributed by atoms with Crippen LogP contribution in [-0.4, -0.2) is 5.78 Å². The Balaban J connectivity index is 2.02. The fraction of sp³-hybridized carbons (Fsp3) is 0. The van der Waals surface area contributed by atoms with E-state index in [1.165, 1.54) is 24.5 Å². The van der Waals surface area contributed by atoms with E-state index in [0.29, 0.717) is 5.56 Å². The maximum atomic E-state index is 13.5. The van der Waals surface area contributed by atoms with Crippen LogP contribution in [0.15, 0.2) is 71.3 Å². The molecule has 1 aromatic heterocycles. The highest BCUT2D eigenvalue weighted by Gasteiger charge is 2.16. The van der Waals surface area contributed by atoms with Crippen molar-refractivity contribution in [1.82, 2.24) is 0 Å². The minimum absolute atomic E-state index is 0.161. The number of ketones is 1. The van der Waals surface area contributed by atoms with Crippen LogP contribution in [0, 0.1) is 17.7 Å². The van der Waals surface area contributed by atoms with Gasteiger partial charge in [-0.2, -0.15) is 0 Å². The molecule has 3 heteroatoms. The number of halogens is 1. The summed E-state index contributed by atoms with van der Waals surface area (Å²) < 4.78 is 18.6. The van der Waals surface area contributed by atoms with E-state index in [1.807, 2.05) is 30.3 Å². The fourth-order valence-electron chi connectivity index (χ4n) is 2.01. The molecule has 0 saturated heterocycles. The molecule has 0 spiro atoms. The second-order valence-corrected chi connectivity index (χ2v) is 4.61. The zero-order valence-corrected chi connectivity index (χ0v) is 11.5. The van der Waals surface area contributed by atoms with Crippen molar-refractivity contribution in [3.63, 3.8) is 0 Å². The Morgan fingerprint density at radius 2 is 1.77 bits per heavy atom. The Kier molecular flexibility index (Phi) is 3.84. The van der Waals surface area contributed by atoms with Gasteiger partial charge in [-0.1, -0.05) is 30.0 Å². The van der Waals surface area contributed by atoms with Crippen LogP contribution in [0.4, 0.5) is 4.39 Å². The molecule has 1 heterocycles. The Hall–Kier alpha value is -3.12. The van der Waals surface area contributed by atoms with E-state index in [0.717, 1.165) is 5.56 Å². The second-order valence-electron chi connectivity index (χ2n) is 4.61. The SMILES string of the molecule is O=C(c1ccco1)c1cc(F)ccc1C#Cc1ccccc1. The van der Waals surface area contributed by atoms with Gasteiger partial charge < -0.3 is 4.42 Å². The maximum Gasteiger partial charge on any atom is 0.229 e. The van der Waals surface area contributed by atoms with Crippen LogP contribution < -0.4 is 0 Å². The predicted octanol–water partition coefficient (Wildman–Crippen LogP) is 4.05. The number of carbonyl (C=O) groups excluding carboxylic acids is 1. The molecule has 0 saturated carbocycles. The summed E-state index contributed by atoms with van der Waals surface area (Å²) in [4.78, 5) is 12.4. The topological polar surface area (TPSA) is 30.2 Å². The van der Waals surface area contributed by atoms with Crippen molar-refractivity contribution in [2.45, 2.75) is 0 Å². The van der Waals surface area contributed by atoms with Crippen molar-refractivity contribution in [2.75, 3.05) is 0 Å². The second kappa shape index (κ2) is 6.11. The quantitative estimate of drug-likeness (QED) is 0.526. The van der Waals surface area contributed by atoms with E-state index >= 15 is 0 Å². The first-order chi connectivity index (χ1) is 10.7. The summed E-state index contributed by atoms with van der Waals surface area (Å²) in [6.07, 6.45) is 1.40. The molecule has 3 aromatic rings. The van der Waals surface area contributed by atoms with Crippen molar-refractivity contribution < 1.29 is 13.6 Å². The zero-order chi connectivity index (χ0) is 15.4. The summed E-state index contributed by atoms with van der Waals surface area (Å²) in [5.41, 5.74) is 1.48. The predicted molar refractivity (Wildman–Crippen MR) is 81.0 cm³/mol. The van der Waals surface area contributed by atoms with Gasteiger partial charge in [0.1, 0.15) is 5.82 Å². The summed E-state index contributed by atoms with van der Waals surface area (Å²) in [6, 6.07) is 16.5. The highest BCUT2D eigenvalue weighted by atomic mass is 19.1. The smallest absolute Gasteiger partial charge is 0.229 e. The maximum absolute atomic E-state index is 13.5. The molecule has 0 bridgehead atoms. The molecule has 0 radical (unpaired) electrons. The molecule has 0 aliphatic heterocycles. The van der Waals surface area contributed by atoms with Crippen LogP contribution in [0.2, 0.25) is 0 Å². The molecule has 2 nitrogen and oxygen atoms in total. The lowest BCUT2D eigenvalue weighted by Crippen LogP contribution is -2.03. The van der Waals surface area contributed by atoms with Gasteiger partial charge in [-0.15, -0.1) is 0 Å². The minimum atomic E-state index is -0.486. The van der Waals surface area contributed by atoms with E-state index in [4.69, 9.17) is 4.42 Å². The number of hydrogen-bond acceptors (Lipinski definition) is 2. The Bertz CT molecular complexity index is 853. The third-order valence-corrected chi connectivity index (χ3v) is 3.09. The third kappa shape index (κ3) is 2.97. The molecule has 3 rings (SSSR count). The van der Waals surface area contributed by atoms with Crippen molar-refractivity contribution >= 4 is 5.78 Å². The van der Waals surface area contributed by atoms with Crippen molar-refractivity contribution in [1.29, 1.82) is 0 Å². The molecule has 2 aromatic carbocycles. The summed E-state index contributed by atoms with van der Waals surface area (Å²) >= 11 is 0. The molecule has 0 N–H and O–H groups in total. The molecule has 106 valence electrons. The van der Waals surface area contributed by atoms with Gasteiger partial charge in [0, 0.05) is 16.7 Å². The van der Waals surface area contributed by atoms with Crippen LogP contribution >= 0.6 is 0 Å². The van der Waals surface area contributed by atoms with E-state index in [1.54, 1.807) is 12.1 Å². The largest absolute Gasteiger partial charge is 0.461 e. The van der Waals surface area contributed by atoms with Gasteiger partial charge in [-0.3, -0.25) is 4.79 Å². The van der Waals surface area contributed by atoms with Crippen LogP contribution in [0.3, 0.4) is 0 Å². The first kappa shape index (κ1) is 13.8. The molecule has 22 heavy (non-hydrogen) atoms. The standard InChI is InChI=1S/C19H11FO2/c20-16-11-10-15(9-8-14-5-2-1-3-6-14)17(13-16)19(21)18-7-4-12-22-18/h1-7,10-13H. The van der Waals surface area contributed by atoms with Crippen molar-refractivity contribution in [3.05, 3.63) is 95.2 Å². The van der Waals surface area contributed by atoms with Gasteiger partial charge >= 0.3 is 0 Å². The molecule has 0 unspecified atom stereocenters. The van der Waals surface area contributed by atoms with Crippen LogP contribution in [0.5, 0.6) is 0 Å². The third-order valence-electron chi connectivity index (χ3n) is 3.09. The number of carbonyl (C=O) groups is 1. The summed E-state index contributed by atoms with van der Waals surface area (Å²) in [5.74, 6) is 5.17. The van der Waals surface area contributed by atoms with Crippen LogP contribution in [-0.2, 0) is 0 Å². The lowest BCUT2D eigenvalue weighted by Gasteiger charge is -2.02. The first-order valence-corrected chi connectivity index (χ1v) is 6.69. The van der Waals surface area contributed by atoms with Gasteiger partial charge in [0.05, 0.1) is 6.26 Å².